The SMILES string of the molecule is CCOc1cc(C)c(S(=O)(=O)N2CCOC(c3ccc(F)cc3)C2)cc1C. The smallest absolute Gasteiger partial charge is 0.243 e. The lowest BCUT2D eigenvalue weighted by Gasteiger charge is -2.33. The van der Waals surface area contributed by atoms with Crippen LogP contribution in [-0.2, 0) is 14.8 Å². The number of nitrogens with zero attached hydrogens (tertiary/aromatic N) is 1. The molecule has 0 amide bonds. The molecule has 5 nitrogen and oxygen atoms in total. The number of sulfonamides is 1. The minimum atomic E-state index is -3.67. The first-order valence-electron chi connectivity index (χ1n) is 8.94. The van der Waals surface area contributed by atoms with Crippen molar-refractivity contribution < 1.29 is 22.3 Å². The quantitative estimate of drug-likeness (QED) is 0.779. The average Bonchev–Trinajstić information content (AvgIpc) is 2.65. The summed E-state index contributed by atoms with van der Waals surface area (Å²) in [5.74, 6) is 0.361. The van der Waals surface area contributed by atoms with E-state index in [1.807, 2.05) is 13.8 Å². The first-order valence-corrected chi connectivity index (χ1v) is 10.4. The topological polar surface area (TPSA) is 55.8 Å². The molecule has 0 N–H and O–H groups in total. The first-order chi connectivity index (χ1) is 12.8. The summed E-state index contributed by atoms with van der Waals surface area (Å²) < 4.78 is 52.3. The molecule has 2 aromatic rings. The van der Waals surface area contributed by atoms with Crippen molar-refractivity contribution in [2.45, 2.75) is 31.8 Å². The van der Waals surface area contributed by atoms with E-state index in [-0.39, 0.29) is 30.4 Å². The second-order valence-corrected chi connectivity index (χ2v) is 8.50. The minimum absolute atomic E-state index is 0.194. The Morgan fingerprint density at radius 2 is 1.89 bits per heavy atom. The van der Waals surface area contributed by atoms with Gasteiger partial charge in [0.15, 0.2) is 0 Å². The van der Waals surface area contributed by atoms with Gasteiger partial charge in [-0.2, -0.15) is 4.31 Å². The summed E-state index contributed by atoms with van der Waals surface area (Å²) in [5, 5.41) is 0. The van der Waals surface area contributed by atoms with Crippen LogP contribution in [0.4, 0.5) is 4.39 Å². The van der Waals surface area contributed by atoms with Crippen molar-refractivity contribution >= 4 is 10.0 Å². The summed E-state index contributed by atoms with van der Waals surface area (Å²) in [6, 6.07) is 9.39. The molecule has 146 valence electrons. The molecule has 0 saturated carbocycles. The van der Waals surface area contributed by atoms with E-state index in [9.17, 15) is 12.8 Å². The Kier molecular flexibility index (Phi) is 5.83. The van der Waals surface area contributed by atoms with Gasteiger partial charge in [-0.1, -0.05) is 12.1 Å². The van der Waals surface area contributed by atoms with Gasteiger partial charge in [0.05, 0.1) is 24.2 Å². The maximum atomic E-state index is 13.2. The van der Waals surface area contributed by atoms with Crippen molar-refractivity contribution in [1.29, 1.82) is 0 Å². The van der Waals surface area contributed by atoms with Gasteiger partial charge in [0.25, 0.3) is 0 Å². The van der Waals surface area contributed by atoms with Crippen LogP contribution in [0.2, 0.25) is 0 Å². The molecule has 7 heteroatoms. The van der Waals surface area contributed by atoms with E-state index in [2.05, 4.69) is 0 Å². The molecule has 1 saturated heterocycles. The summed E-state index contributed by atoms with van der Waals surface area (Å²) >= 11 is 0. The third-order valence-electron chi connectivity index (χ3n) is 4.66. The lowest BCUT2D eigenvalue weighted by molar-refractivity contribution is -0.00259. The van der Waals surface area contributed by atoms with Crippen molar-refractivity contribution in [2.75, 3.05) is 26.3 Å². The van der Waals surface area contributed by atoms with Crippen LogP contribution in [0.25, 0.3) is 0 Å². The third-order valence-corrected chi connectivity index (χ3v) is 6.67. The predicted molar refractivity (Wildman–Crippen MR) is 101 cm³/mol. The summed E-state index contributed by atoms with van der Waals surface area (Å²) in [6.45, 7) is 6.79. The van der Waals surface area contributed by atoms with Gasteiger partial charge in [-0.25, -0.2) is 12.8 Å². The molecule has 0 radical (unpaired) electrons. The molecule has 1 aliphatic heterocycles. The molecule has 0 aromatic heterocycles. The van der Waals surface area contributed by atoms with Crippen LogP contribution in [-0.4, -0.2) is 39.0 Å². The standard InChI is InChI=1S/C20H24FNO4S/c1-4-25-18-11-15(3)20(12-14(18)2)27(23,24)22-9-10-26-19(13-22)16-5-7-17(21)8-6-16/h5-8,11-12,19H,4,9-10,13H2,1-3H3. The van der Waals surface area contributed by atoms with E-state index in [1.165, 1.54) is 16.4 Å². The van der Waals surface area contributed by atoms with Gasteiger partial charge in [-0.3, -0.25) is 0 Å². The maximum Gasteiger partial charge on any atom is 0.243 e. The summed E-state index contributed by atoms with van der Waals surface area (Å²) in [5.41, 5.74) is 2.19. The van der Waals surface area contributed by atoms with E-state index in [0.717, 1.165) is 11.1 Å². The lowest BCUT2D eigenvalue weighted by Crippen LogP contribution is -2.42. The van der Waals surface area contributed by atoms with Gasteiger partial charge in [-0.05, 0) is 61.7 Å². The fourth-order valence-electron chi connectivity index (χ4n) is 3.21. The molecular weight excluding hydrogens is 369 g/mol. The Labute approximate surface area is 159 Å². The number of hydrogen-bond donors (Lipinski definition) is 0. The monoisotopic (exact) mass is 393 g/mol. The van der Waals surface area contributed by atoms with Crippen molar-refractivity contribution in [1.82, 2.24) is 4.31 Å². The van der Waals surface area contributed by atoms with Gasteiger partial charge in [0.2, 0.25) is 10.0 Å². The van der Waals surface area contributed by atoms with Crippen LogP contribution in [0.1, 0.15) is 29.7 Å². The van der Waals surface area contributed by atoms with E-state index in [0.29, 0.717) is 17.9 Å². The summed E-state index contributed by atoms with van der Waals surface area (Å²) in [7, 11) is -3.67. The largest absolute Gasteiger partial charge is 0.494 e. The molecule has 0 spiro atoms. The van der Waals surface area contributed by atoms with E-state index in [1.54, 1.807) is 31.2 Å². The highest BCUT2D eigenvalue weighted by atomic mass is 32.2. The van der Waals surface area contributed by atoms with Crippen molar-refractivity contribution in [3.05, 3.63) is 58.9 Å². The number of ether oxygens (including phenoxy) is 2. The van der Waals surface area contributed by atoms with Gasteiger partial charge in [0, 0.05) is 13.1 Å². The number of halogens is 1. The second kappa shape index (κ2) is 7.96. The minimum Gasteiger partial charge on any atom is -0.494 e. The van der Waals surface area contributed by atoms with Crippen LogP contribution in [0.5, 0.6) is 5.75 Å². The van der Waals surface area contributed by atoms with Gasteiger partial charge >= 0.3 is 0 Å². The Morgan fingerprint density at radius 3 is 2.56 bits per heavy atom. The highest BCUT2D eigenvalue weighted by molar-refractivity contribution is 7.89. The highest BCUT2D eigenvalue weighted by Gasteiger charge is 2.32. The number of hydrogen-bond acceptors (Lipinski definition) is 4. The number of morpholine rings is 1. The molecule has 27 heavy (non-hydrogen) atoms. The number of rotatable bonds is 5. The molecule has 1 heterocycles. The zero-order valence-corrected chi connectivity index (χ0v) is 16.6. The van der Waals surface area contributed by atoms with Crippen LogP contribution in [0.3, 0.4) is 0 Å². The van der Waals surface area contributed by atoms with E-state index >= 15 is 0 Å². The maximum absolute atomic E-state index is 13.2. The zero-order valence-electron chi connectivity index (χ0n) is 15.7. The average molecular weight is 393 g/mol. The number of aryl methyl sites for hydroxylation is 2. The molecular formula is C20H24FNO4S. The fourth-order valence-corrected chi connectivity index (χ4v) is 4.93. The summed E-state index contributed by atoms with van der Waals surface area (Å²) in [6.07, 6.45) is -0.418. The molecule has 1 aliphatic rings. The van der Waals surface area contributed by atoms with E-state index in [4.69, 9.17) is 9.47 Å². The van der Waals surface area contributed by atoms with Gasteiger partial charge in [-0.15, -0.1) is 0 Å². The molecule has 2 aromatic carbocycles. The van der Waals surface area contributed by atoms with Crippen LogP contribution >= 0.6 is 0 Å². The first kappa shape index (κ1) is 19.8. The molecule has 3 rings (SSSR count). The van der Waals surface area contributed by atoms with Crippen molar-refractivity contribution in [2.24, 2.45) is 0 Å². The normalized spacial score (nSPS) is 18.4. The molecule has 1 unspecified atom stereocenters. The second-order valence-electron chi connectivity index (χ2n) is 6.59. The van der Waals surface area contributed by atoms with Crippen LogP contribution in [0, 0.1) is 19.7 Å². The highest BCUT2D eigenvalue weighted by Crippen LogP contribution is 2.31. The zero-order chi connectivity index (χ0) is 19.6. The Morgan fingerprint density at radius 1 is 1.19 bits per heavy atom. The number of benzene rings is 2. The predicted octanol–water partition coefficient (Wildman–Crippen LogP) is 3.60. The van der Waals surface area contributed by atoms with Crippen LogP contribution < -0.4 is 4.74 Å². The summed E-state index contributed by atoms with van der Waals surface area (Å²) in [4.78, 5) is 0.281. The lowest BCUT2D eigenvalue weighted by atomic mass is 10.1. The van der Waals surface area contributed by atoms with Gasteiger partial charge in [0.1, 0.15) is 11.6 Å². The third kappa shape index (κ3) is 4.15. The molecule has 1 atom stereocenters. The molecule has 0 aliphatic carbocycles. The Hall–Kier alpha value is -1.96. The Balaban J connectivity index is 1.88. The van der Waals surface area contributed by atoms with Crippen LogP contribution in [0.15, 0.2) is 41.3 Å². The molecule has 1 fully saturated rings. The van der Waals surface area contributed by atoms with Gasteiger partial charge < -0.3 is 9.47 Å². The molecule has 0 bridgehead atoms. The fraction of sp³-hybridized carbons (Fsp3) is 0.400. The van der Waals surface area contributed by atoms with Crippen molar-refractivity contribution in [3.8, 4) is 5.75 Å². The van der Waals surface area contributed by atoms with E-state index < -0.39 is 16.1 Å². The Bertz CT molecular complexity index is 912. The van der Waals surface area contributed by atoms with Crippen molar-refractivity contribution in [3.63, 3.8) is 0 Å².